The summed E-state index contributed by atoms with van der Waals surface area (Å²) in [5.74, 6) is 0.321. The van der Waals surface area contributed by atoms with Crippen molar-refractivity contribution in [1.82, 2.24) is 0 Å². The third kappa shape index (κ3) is 3.37. The van der Waals surface area contributed by atoms with Crippen LogP contribution in [0.15, 0.2) is 35.5 Å². The van der Waals surface area contributed by atoms with Crippen molar-refractivity contribution in [2.45, 2.75) is 76.8 Å². The first-order valence-electron chi connectivity index (χ1n) is 11.6. The van der Waals surface area contributed by atoms with Crippen molar-refractivity contribution in [3.63, 3.8) is 0 Å². The molecule has 5 aliphatic rings. The first-order chi connectivity index (χ1) is 13.9. The fraction of sp³-hybridized carbons (Fsp3) is 0.760. The van der Waals surface area contributed by atoms with Crippen LogP contribution in [-0.2, 0) is 18.9 Å². The summed E-state index contributed by atoms with van der Waals surface area (Å²) in [4.78, 5) is 0. The molecule has 1 spiro atoms. The van der Waals surface area contributed by atoms with Gasteiger partial charge in [0.15, 0.2) is 11.6 Å². The van der Waals surface area contributed by atoms with Crippen LogP contribution in [0.1, 0.15) is 65.2 Å². The zero-order chi connectivity index (χ0) is 20.1. The van der Waals surface area contributed by atoms with Gasteiger partial charge in [-0.15, -0.1) is 0 Å². The minimum atomic E-state index is -0.397. The first kappa shape index (κ1) is 20.0. The Balaban J connectivity index is 1.38. The van der Waals surface area contributed by atoms with Gasteiger partial charge in [0.1, 0.15) is 0 Å². The van der Waals surface area contributed by atoms with E-state index in [1.165, 1.54) is 43.3 Å². The number of hydrogen-bond donors (Lipinski definition) is 0. The highest BCUT2D eigenvalue weighted by atomic mass is 16.7. The molecule has 5 fully saturated rings. The van der Waals surface area contributed by atoms with E-state index in [0.29, 0.717) is 25.0 Å². The smallest absolute Gasteiger partial charge is 0.172 e. The third-order valence-corrected chi connectivity index (χ3v) is 8.49. The second-order valence-corrected chi connectivity index (χ2v) is 10.1. The molecular weight excluding hydrogens is 364 g/mol. The molecule has 4 heteroatoms. The molecule has 0 aromatic rings. The van der Waals surface area contributed by atoms with Gasteiger partial charge in [-0.2, -0.15) is 0 Å². The standard InChI is InChI=1S/C25H36O4/c1-18-10-12-25(28-15-16-29-25)17-20(18)7-6-19-5-4-11-23(2)21(19)8-9-22(23)24(3)26-13-14-27-24/h6-7,21-22H,1,4-5,8-17H2,2-3H3/b19-6+,20-7-/t21-,22-,23-/m0/s1. The molecule has 160 valence electrons. The van der Waals surface area contributed by atoms with Gasteiger partial charge in [-0.25, -0.2) is 0 Å². The van der Waals surface area contributed by atoms with Gasteiger partial charge in [0.25, 0.3) is 0 Å². The molecule has 29 heavy (non-hydrogen) atoms. The lowest BCUT2D eigenvalue weighted by Gasteiger charge is -2.46. The Morgan fingerprint density at radius 1 is 0.897 bits per heavy atom. The molecule has 5 rings (SSSR count). The van der Waals surface area contributed by atoms with Crippen molar-refractivity contribution in [3.8, 4) is 0 Å². The van der Waals surface area contributed by atoms with Gasteiger partial charge in [0.05, 0.1) is 26.4 Å². The summed E-state index contributed by atoms with van der Waals surface area (Å²) in [6, 6.07) is 0. The van der Waals surface area contributed by atoms with Crippen molar-refractivity contribution in [2.75, 3.05) is 26.4 Å². The van der Waals surface area contributed by atoms with Crippen LogP contribution in [0.25, 0.3) is 0 Å². The summed E-state index contributed by atoms with van der Waals surface area (Å²) in [5.41, 5.74) is 4.43. The number of fused-ring (bicyclic) bond motifs is 1. The van der Waals surface area contributed by atoms with Gasteiger partial charge >= 0.3 is 0 Å². The van der Waals surface area contributed by atoms with Crippen LogP contribution in [-0.4, -0.2) is 38.0 Å². The van der Waals surface area contributed by atoms with E-state index in [2.05, 4.69) is 32.6 Å². The van der Waals surface area contributed by atoms with Crippen LogP contribution in [0, 0.1) is 17.3 Å². The van der Waals surface area contributed by atoms with E-state index in [1.54, 1.807) is 5.57 Å². The normalized spacial score (nSPS) is 41.5. The average molecular weight is 401 g/mol. The maximum Gasteiger partial charge on any atom is 0.172 e. The molecule has 2 aliphatic heterocycles. The summed E-state index contributed by atoms with van der Waals surface area (Å²) in [7, 11) is 0. The minimum Gasteiger partial charge on any atom is -0.348 e. The van der Waals surface area contributed by atoms with E-state index >= 15 is 0 Å². The molecule has 2 heterocycles. The highest BCUT2D eigenvalue weighted by Gasteiger charge is 2.57. The van der Waals surface area contributed by atoms with Crippen molar-refractivity contribution in [1.29, 1.82) is 0 Å². The predicted octanol–water partition coefficient (Wildman–Crippen LogP) is 5.30. The highest BCUT2D eigenvalue weighted by molar-refractivity contribution is 5.37. The van der Waals surface area contributed by atoms with E-state index < -0.39 is 11.6 Å². The minimum absolute atomic E-state index is 0.268. The Labute approximate surface area is 175 Å². The molecular formula is C25H36O4. The molecule has 0 bridgehead atoms. The Morgan fingerprint density at radius 2 is 1.62 bits per heavy atom. The number of allylic oxidation sites excluding steroid dienone is 4. The molecule has 3 saturated carbocycles. The summed E-state index contributed by atoms with van der Waals surface area (Å²) < 4.78 is 24.1. The molecule has 0 unspecified atom stereocenters. The SMILES string of the molecule is C=C1CCC2(C/C1=C/C=C1\CCC[C@]3(C)[C@@H](C4(C)OCCO4)CC[C@@H]13)OCCO2. The largest absolute Gasteiger partial charge is 0.348 e. The molecule has 0 N–H and O–H groups in total. The molecule has 3 atom stereocenters. The van der Waals surface area contributed by atoms with Crippen LogP contribution in [0.4, 0.5) is 0 Å². The quantitative estimate of drug-likeness (QED) is 0.630. The monoisotopic (exact) mass is 400 g/mol. The Bertz CT molecular complexity index is 723. The third-order valence-electron chi connectivity index (χ3n) is 8.49. The molecule has 0 radical (unpaired) electrons. The topological polar surface area (TPSA) is 36.9 Å². The molecule has 0 aromatic carbocycles. The van der Waals surface area contributed by atoms with Crippen molar-refractivity contribution >= 4 is 0 Å². The molecule has 0 amide bonds. The highest BCUT2D eigenvalue weighted by Crippen LogP contribution is 2.61. The van der Waals surface area contributed by atoms with E-state index in [4.69, 9.17) is 18.9 Å². The summed E-state index contributed by atoms with van der Waals surface area (Å²) >= 11 is 0. The van der Waals surface area contributed by atoms with Gasteiger partial charge in [0.2, 0.25) is 0 Å². The fourth-order valence-electron chi connectivity index (χ4n) is 6.97. The Hall–Kier alpha value is -0.940. The zero-order valence-electron chi connectivity index (χ0n) is 18.1. The van der Waals surface area contributed by atoms with E-state index in [-0.39, 0.29) is 5.41 Å². The fourth-order valence-corrected chi connectivity index (χ4v) is 6.97. The maximum absolute atomic E-state index is 6.10. The van der Waals surface area contributed by atoms with Crippen molar-refractivity contribution in [3.05, 3.63) is 35.5 Å². The van der Waals surface area contributed by atoms with Crippen molar-refractivity contribution < 1.29 is 18.9 Å². The molecule has 2 saturated heterocycles. The lowest BCUT2D eigenvalue weighted by atomic mass is 9.62. The average Bonchev–Trinajstić information content (AvgIpc) is 3.42. The second kappa shape index (κ2) is 7.33. The molecule has 4 nitrogen and oxygen atoms in total. The van der Waals surface area contributed by atoms with Crippen molar-refractivity contribution in [2.24, 2.45) is 17.3 Å². The summed E-state index contributed by atoms with van der Waals surface area (Å²) in [6.07, 6.45) is 13.6. The lowest BCUT2D eigenvalue weighted by molar-refractivity contribution is -0.206. The summed E-state index contributed by atoms with van der Waals surface area (Å²) in [6.45, 7) is 11.9. The van der Waals surface area contributed by atoms with Crippen LogP contribution >= 0.6 is 0 Å². The van der Waals surface area contributed by atoms with Gasteiger partial charge in [-0.3, -0.25) is 0 Å². The molecule has 3 aliphatic carbocycles. The van der Waals surface area contributed by atoms with E-state index in [0.717, 1.165) is 32.5 Å². The van der Waals surface area contributed by atoms with Crippen LogP contribution < -0.4 is 0 Å². The Morgan fingerprint density at radius 3 is 2.38 bits per heavy atom. The molecule has 0 aromatic heterocycles. The van der Waals surface area contributed by atoms with Gasteiger partial charge in [0, 0.05) is 18.8 Å². The second-order valence-electron chi connectivity index (χ2n) is 10.1. The van der Waals surface area contributed by atoms with Crippen LogP contribution in [0.5, 0.6) is 0 Å². The van der Waals surface area contributed by atoms with Gasteiger partial charge in [-0.05, 0) is 62.4 Å². The predicted molar refractivity (Wildman–Crippen MR) is 112 cm³/mol. The lowest BCUT2D eigenvalue weighted by Crippen LogP contribution is -2.46. The number of ether oxygens (including phenoxy) is 4. The van der Waals surface area contributed by atoms with Crippen LogP contribution in [0.2, 0.25) is 0 Å². The van der Waals surface area contributed by atoms with E-state index in [1.807, 2.05) is 0 Å². The maximum atomic E-state index is 6.10. The van der Waals surface area contributed by atoms with Gasteiger partial charge in [-0.1, -0.05) is 36.8 Å². The van der Waals surface area contributed by atoms with Crippen LogP contribution in [0.3, 0.4) is 0 Å². The zero-order valence-corrected chi connectivity index (χ0v) is 18.1. The Kier molecular flexibility index (Phi) is 5.05. The number of hydrogen-bond acceptors (Lipinski definition) is 4. The van der Waals surface area contributed by atoms with Gasteiger partial charge < -0.3 is 18.9 Å². The van der Waals surface area contributed by atoms with E-state index in [9.17, 15) is 0 Å². The first-order valence-corrected chi connectivity index (χ1v) is 11.6. The number of rotatable bonds is 2. The summed E-state index contributed by atoms with van der Waals surface area (Å²) in [5, 5.41) is 0.